The van der Waals surface area contributed by atoms with Crippen LogP contribution < -0.4 is 4.72 Å². The Hall–Kier alpha value is -0.960. The van der Waals surface area contributed by atoms with E-state index in [0.717, 1.165) is 0 Å². The Morgan fingerprint density at radius 1 is 1.61 bits per heavy atom. The predicted molar refractivity (Wildman–Crippen MR) is 65.6 cm³/mol. The third-order valence-electron chi connectivity index (χ3n) is 2.18. The van der Waals surface area contributed by atoms with Crippen LogP contribution in [-0.2, 0) is 21.3 Å². The molecule has 0 aliphatic heterocycles. The number of nitrogens with one attached hydrogen (secondary N) is 1. The first-order valence-electron chi connectivity index (χ1n) is 5.73. The zero-order chi connectivity index (χ0) is 13.6. The number of nitrogens with zero attached hydrogens (tertiary/aromatic N) is 2. The standard InChI is InChI=1S/C10H19N3O4S/c1-3-17-8-9(2)12-18(15,16)10-6-11-13(7-10)4-5-14/h6-7,9,12,14H,3-5,8H2,1-2H3. The van der Waals surface area contributed by atoms with Gasteiger partial charge in [-0.25, -0.2) is 13.1 Å². The molecule has 1 rings (SSSR count). The van der Waals surface area contributed by atoms with Gasteiger partial charge in [0.05, 0.1) is 26.0 Å². The zero-order valence-corrected chi connectivity index (χ0v) is 11.4. The molecule has 7 nitrogen and oxygen atoms in total. The fraction of sp³-hybridized carbons (Fsp3) is 0.700. The van der Waals surface area contributed by atoms with Gasteiger partial charge in [-0.1, -0.05) is 0 Å². The van der Waals surface area contributed by atoms with Crippen LogP contribution in [0.5, 0.6) is 0 Å². The lowest BCUT2D eigenvalue weighted by atomic mass is 10.4. The Labute approximate surface area is 107 Å². The second kappa shape index (κ2) is 6.83. The Morgan fingerprint density at radius 2 is 2.33 bits per heavy atom. The van der Waals surface area contributed by atoms with E-state index in [2.05, 4.69) is 9.82 Å². The predicted octanol–water partition coefficient (Wildman–Crippen LogP) is -0.421. The SMILES string of the molecule is CCOCC(C)NS(=O)(=O)c1cnn(CCO)c1. The maximum atomic E-state index is 11.9. The van der Waals surface area contributed by atoms with Crippen LogP contribution in [0.1, 0.15) is 13.8 Å². The molecule has 0 aliphatic carbocycles. The first-order chi connectivity index (χ1) is 8.49. The number of hydrogen-bond acceptors (Lipinski definition) is 5. The van der Waals surface area contributed by atoms with Crippen LogP contribution >= 0.6 is 0 Å². The lowest BCUT2D eigenvalue weighted by Gasteiger charge is -2.12. The number of sulfonamides is 1. The smallest absolute Gasteiger partial charge is 0.244 e. The van der Waals surface area contributed by atoms with Crippen LogP contribution in [-0.4, -0.2) is 49.2 Å². The van der Waals surface area contributed by atoms with Gasteiger partial charge in [0, 0.05) is 18.8 Å². The minimum atomic E-state index is -3.58. The molecule has 0 saturated carbocycles. The molecule has 0 aliphatic rings. The maximum absolute atomic E-state index is 11.9. The molecule has 0 fully saturated rings. The van der Waals surface area contributed by atoms with Crippen molar-refractivity contribution in [3.63, 3.8) is 0 Å². The summed E-state index contributed by atoms with van der Waals surface area (Å²) < 4.78 is 32.9. The second-order valence-corrected chi connectivity index (χ2v) is 5.56. The van der Waals surface area contributed by atoms with Crippen LogP contribution in [0.4, 0.5) is 0 Å². The molecule has 2 N–H and O–H groups in total. The van der Waals surface area contributed by atoms with E-state index in [-0.39, 0.29) is 24.1 Å². The van der Waals surface area contributed by atoms with Crippen molar-refractivity contribution in [1.29, 1.82) is 0 Å². The highest BCUT2D eigenvalue weighted by molar-refractivity contribution is 7.89. The van der Waals surface area contributed by atoms with E-state index < -0.39 is 10.0 Å². The Bertz CT molecular complexity index is 457. The molecule has 1 unspecified atom stereocenters. The topological polar surface area (TPSA) is 93.5 Å². The van der Waals surface area contributed by atoms with Crippen molar-refractivity contribution in [3.8, 4) is 0 Å². The van der Waals surface area contributed by atoms with Gasteiger partial charge in [0.2, 0.25) is 10.0 Å². The molecule has 0 bridgehead atoms. The number of ether oxygens (including phenoxy) is 1. The number of hydrogen-bond donors (Lipinski definition) is 2. The van der Waals surface area contributed by atoms with Gasteiger partial charge >= 0.3 is 0 Å². The van der Waals surface area contributed by atoms with Crippen LogP contribution in [0.25, 0.3) is 0 Å². The van der Waals surface area contributed by atoms with E-state index in [1.54, 1.807) is 6.92 Å². The van der Waals surface area contributed by atoms with E-state index in [1.165, 1.54) is 17.1 Å². The van der Waals surface area contributed by atoms with Gasteiger partial charge in [0.25, 0.3) is 0 Å². The molecule has 1 aromatic heterocycles. The molecule has 0 saturated heterocycles. The lowest BCUT2D eigenvalue weighted by Crippen LogP contribution is -2.35. The highest BCUT2D eigenvalue weighted by atomic mass is 32.2. The molecule has 0 radical (unpaired) electrons. The summed E-state index contributed by atoms with van der Waals surface area (Å²) in [4.78, 5) is 0.0827. The van der Waals surface area contributed by atoms with Crippen molar-refractivity contribution in [2.45, 2.75) is 31.3 Å². The van der Waals surface area contributed by atoms with Crippen molar-refractivity contribution in [2.75, 3.05) is 19.8 Å². The maximum Gasteiger partial charge on any atom is 0.244 e. The van der Waals surface area contributed by atoms with E-state index in [9.17, 15) is 8.42 Å². The number of rotatable bonds is 8. The summed E-state index contributed by atoms with van der Waals surface area (Å²) in [6.45, 7) is 4.62. The summed E-state index contributed by atoms with van der Waals surface area (Å²) in [7, 11) is -3.58. The van der Waals surface area contributed by atoms with Gasteiger partial charge in [-0.05, 0) is 13.8 Å². The number of aromatic nitrogens is 2. The zero-order valence-electron chi connectivity index (χ0n) is 10.5. The summed E-state index contributed by atoms with van der Waals surface area (Å²) in [6.07, 6.45) is 2.64. The first-order valence-corrected chi connectivity index (χ1v) is 7.21. The van der Waals surface area contributed by atoms with Crippen LogP contribution in [0.3, 0.4) is 0 Å². The van der Waals surface area contributed by atoms with E-state index in [0.29, 0.717) is 13.2 Å². The van der Waals surface area contributed by atoms with Gasteiger partial charge in [-0.3, -0.25) is 4.68 Å². The Morgan fingerprint density at radius 3 is 2.94 bits per heavy atom. The summed E-state index contributed by atoms with van der Waals surface area (Å²) in [5.41, 5.74) is 0. The van der Waals surface area contributed by atoms with Crippen molar-refractivity contribution < 1.29 is 18.3 Å². The number of aliphatic hydroxyl groups is 1. The second-order valence-electron chi connectivity index (χ2n) is 3.84. The van der Waals surface area contributed by atoms with Gasteiger partial charge in [-0.15, -0.1) is 0 Å². The molecular weight excluding hydrogens is 258 g/mol. The molecule has 1 heterocycles. The molecule has 0 aromatic carbocycles. The highest BCUT2D eigenvalue weighted by Gasteiger charge is 2.19. The molecule has 0 spiro atoms. The third kappa shape index (κ3) is 4.37. The first kappa shape index (κ1) is 15.1. The monoisotopic (exact) mass is 277 g/mol. The molecule has 1 atom stereocenters. The van der Waals surface area contributed by atoms with Crippen molar-refractivity contribution >= 4 is 10.0 Å². The van der Waals surface area contributed by atoms with E-state index in [4.69, 9.17) is 9.84 Å². The molecule has 104 valence electrons. The van der Waals surface area contributed by atoms with Crippen LogP contribution in [0.15, 0.2) is 17.3 Å². The summed E-state index contributed by atoms with van der Waals surface area (Å²) in [5.74, 6) is 0. The fourth-order valence-electron chi connectivity index (χ4n) is 1.37. The van der Waals surface area contributed by atoms with Gasteiger partial charge in [0.1, 0.15) is 4.90 Å². The molecule has 0 amide bonds. The normalized spacial score (nSPS) is 13.7. The summed E-state index contributed by atoms with van der Waals surface area (Å²) in [5, 5.41) is 12.6. The van der Waals surface area contributed by atoms with Crippen molar-refractivity contribution in [1.82, 2.24) is 14.5 Å². The number of aliphatic hydroxyl groups excluding tert-OH is 1. The Kier molecular flexibility index (Phi) is 5.73. The lowest BCUT2D eigenvalue weighted by molar-refractivity contribution is 0.133. The van der Waals surface area contributed by atoms with Crippen LogP contribution in [0.2, 0.25) is 0 Å². The summed E-state index contributed by atoms with van der Waals surface area (Å²) in [6, 6.07) is -0.309. The highest BCUT2D eigenvalue weighted by Crippen LogP contribution is 2.07. The molecular formula is C10H19N3O4S. The summed E-state index contributed by atoms with van der Waals surface area (Å²) >= 11 is 0. The minimum absolute atomic E-state index is 0.0827. The van der Waals surface area contributed by atoms with Crippen molar-refractivity contribution in [2.24, 2.45) is 0 Å². The average Bonchev–Trinajstić information content (AvgIpc) is 2.75. The molecule has 8 heteroatoms. The van der Waals surface area contributed by atoms with Gasteiger partial charge in [0.15, 0.2) is 0 Å². The average molecular weight is 277 g/mol. The largest absolute Gasteiger partial charge is 0.394 e. The molecule has 18 heavy (non-hydrogen) atoms. The fourth-order valence-corrected chi connectivity index (χ4v) is 2.55. The quantitative estimate of drug-likeness (QED) is 0.673. The third-order valence-corrected chi connectivity index (χ3v) is 3.72. The van der Waals surface area contributed by atoms with E-state index in [1.807, 2.05) is 6.92 Å². The van der Waals surface area contributed by atoms with E-state index >= 15 is 0 Å². The van der Waals surface area contributed by atoms with Gasteiger partial charge < -0.3 is 9.84 Å². The Balaban J connectivity index is 2.67. The van der Waals surface area contributed by atoms with Gasteiger partial charge in [-0.2, -0.15) is 5.10 Å². The molecule has 1 aromatic rings. The van der Waals surface area contributed by atoms with Crippen molar-refractivity contribution in [3.05, 3.63) is 12.4 Å². The van der Waals surface area contributed by atoms with Crippen LogP contribution in [0, 0.1) is 0 Å². The minimum Gasteiger partial charge on any atom is -0.394 e.